The Morgan fingerprint density at radius 2 is 1.85 bits per heavy atom. The summed E-state index contributed by atoms with van der Waals surface area (Å²) in [6, 6.07) is 11.4. The Labute approximate surface area is 199 Å². The highest BCUT2D eigenvalue weighted by Gasteiger charge is 2.21. The maximum Gasteiger partial charge on any atom is 0.307 e. The molecule has 1 aliphatic rings. The summed E-state index contributed by atoms with van der Waals surface area (Å²) in [6.07, 6.45) is 1.63. The van der Waals surface area contributed by atoms with Gasteiger partial charge in [0, 0.05) is 12.5 Å². The predicted molar refractivity (Wildman–Crippen MR) is 130 cm³/mol. The minimum absolute atomic E-state index is 0.00326. The summed E-state index contributed by atoms with van der Waals surface area (Å²) in [6.45, 7) is 2.61. The minimum atomic E-state index is -0.929. The van der Waals surface area contributed by atoms with E-state index in [2.05, 4.69) is 17.6 Å². The van der Waals surface area contributed by atoms with Gasteiger partial charge >= 0.3 is 5.97 Å². The first-order valence-corrected chi connectivity index (χ1v) is 11.3. The van der Waals surface area contributed by atoms with Crippen molar-refractivity contribution in [2.24, 2.45) is 11.5 Å². The van der Waals surface area contributed by atoms with Crippen molar-refractivity contribution < 1.29 is 24.2 Å². The molecule has 1 heterocycles. The van der Waals surface area contributed by atoms with Crippen molar-refractivity contribution in [1.82, 2.24) is 10.6 Å². The summed E-state index contributed by atoms with van der Waals surface area (Å²) in [5, 5.41) is 15.5. The highest BCUT2D eigenvalue weighted by Crippen LogP contribution is 2.28. The molecule has 1 aliphatic heterocycles. The van der Waals surface area contributed by atoms with E-state index in [4.69, 9.17) is 16.2 Å². The molecule has 0 saturated carbocycles. The van der Waals surface area contributed by atoms with Crippen LogP contribution in [0.5, 0.6) is 5.75 Å². The third kappa shape index (κ3) is 8.17. The first-order valence-electron chi connectivity index (χ1n) is 11.3. The van der Waals surface area contributed by atoms with Crippen LogP contribution < -0.4 is 22.1 Å². The largest absolute Gasteiger partial charge is 0.508 e. The van der Waals surface area contributed by atoms with E-state index in [9.17, 15) is 19.5 Å². The van der Waals surface area contributed by atoms with Crippen molar-refractivity contribution >= 4 is 17.8 Å². The number of fused-ring (bicyclic) bond motifs is 5. The molecule has 0 aromatic heterocycles. The maximum absolute atomic E-state index is 12.3. The smallest absolute Gasteiger partial charge is 0.307 e. The second-order valence-electron chi connectivity index (χ2n) is 8.11. The Kier molecular flexibility index (Phi) is 10.5. The number of ether oxygens (including phenoxy) is 1. The Morgan fingerprint density at radius 1 is 1.15 bits per heavy atom. The number of phenols is 1. The highest BCUT2D eigenvalue weighted by atomic mass is 16.5. The Hall–Kier alpha value is -3.43. The van der Waals surface area contributed by atoms with Gasteiger partial charge in [-0.15, -0.1) is 0 Å². The molecule has 0 spiro atoms. The van der Waals surface area contributed by atoms with Gasteiger partial charge in [0.1, 0.15) is 5.75 Å². The first kappa shape index (κ1) is 26.8. The second-order valence-corrected chi connectivity index (χ2v) is 8.11. The van der Waals surface area contributed by atoms with Crippen molar-refractivity contribution in [1.29, 1.82) is 0 Å². The molecule has 2 atom stereocenters. The number of benzene rings is 2. The zero-order chi connectivity index (χ0) is 25.1. The molecular weight excluding hydrogens is 436 g/mol. The number of hydrogen-bond donors (Lipinski definition) is 5. The Balaban J connectivity index is 0.000000945. The van der Waals surface area contributed by atoms with Crippen LogP contribution in [-0.2, 0) is 32.0 Å². The topological polar surface area (TPSA) is 157 Å². The van der Waals surface area contributed by atoms with E-state index in [0.717, 1.165) is 29.7 Å². The second kappa shape index (κ2) is 13.3. The van der Waals surface area contributed by atoms with E-state index < -0.39 is 29.9 Å². The normalized spacial score (nSPS) is 18.2. The van der Waals surface area contributed by atoms with Crippen molar-refractivity contribution in [3.63, 3.8) is 0 Å². The molecule has 4 bridgehead atoms. The summed E-state index contributed by atoms with van der Waals surface area (Å²) in [7, 11) is 1.29. The molecule has 2 unspecified atom stereocenters. The monoisotopic (exact) mass is 470 g/mol. The fourth-order valence-corrected chi connectivity index (χ4v) is 3.46. The van der Waals surface area contributed by atoms with E-state index >= 15 is 0 Å². The minimum Gasteiger partial charge on any atom is -0.508 e. The highest BCUT2D eigenvalue weighted by molar-refractivity contribution is 5.88. The van der Waals surface area contributed by atoms with E-state index in [-0.39, 0.29) is 25.1 Å². The number of nitrogens with two attached hydrogens (primary N) is 2. The number of hydrogen-bond acceptors (Lipinski definition) is 7. The van der Waals surface area contributed by atoms with Gasteiger partial charge < -0.3 is 31.9 Å². The zero-order valence-corrected chi connectivity index (χ0v) is 19.7. The molecule has 2 amide bonds. The average molecular weight is 471 g/mol. The third-order valence-corrected chi connectivity index (χ3v) is 5.32. The summed E-state index contributed by atoms with van der Waals surface area (Å²) in [5.41, 5.74) is 14.2. The fraction of sp³-hybridized carbons (Fsp3) is 0.400. The van der Waals surface area contributed by atoms with Gasteiger partial charge in [0.05, 0.1) is 26.1 Å². The van der Waals surface area contributed by atoms with Crippen molar-refractivity contribution in [3.05, 3.63) is 53.6 Å². The van der Waals surface area contributed by atoms with Gasteiger partial charge in [-0.3, -0.25) is 14.4 Å². The van der Waals surface area contributed by atoms with Crippen LogP contribution in [0.3, 0.4) is 0 Å². The quantitative estimate of drug-likeness (QED) is 0.419. The lowest BCUT2D eigenvalue weighted by Crippen LogP contribution is -2.48. The zero-order valence-electron chi connectivity index (χ0n) is 19.7. The lowest BCUT2D eigenvalue weighted by Gasteiger charge is -2.19. The van der Waals surface area contributed by atoms with Gasteiger partial charge in [-0.1, -0.05) is 37.3 Å². The Bertz CT molecular complexity index is 993. The summed E-state index contributed by atoms with van der Waals surface area (Å²) in [5.74, 6) is -1.32. The molecule has 0 saturated heterocycles. The number of amides is 2. The van der Waals surface area contributed by atoms with Crippen molar-refractivity contribution in [2.75, 3.05) is 20.2 Å². The standard InChI is InChI=1S/C22H25N3O5.C3H9N/c1-30-21(28)11-17-8-13-3-2-4-14(7-13)15-5-6-19(26)16(9-15)10-18(23)22(29)24-12-20(27)25-17;1-2-3-4/h2-7,9,17-18,26H,8,10-12,23H2,1H3,(H,24,29)(H,25,27);2-4H2,1H3. The Morgan fingerprint density at radius 3 is 2.53 bits per heavy atom. The van der Waals surface area contributed by atoms with Crippen LogP contribution in [0.1, 0.15) is 30.9 Å². The van der Waals surface area contributed by atoms with Gasteiger partial charge in [-0.05, 0) is 53.8 Å². The number of nitrogens with one attached hydrogen (secondary N) is 2. The van der Waals surface area contributed by atoms with Crippen LogP contribution in [-0.4, -0.2) is 55.2 Å². The molecule has 34 heavy (non-hydrogen) atoms. The lowest BCUT2D eigenvalue weighted by molar-refractivity contribution is -0.141. The molecule has 2 aromatic rings. The number of rotatable bonds is 3. The van der Waals surface area contributed by atoms with Gasteiger partial charge in [0.25, 0.3) is 0 Å². The fourth-order valence-electron chi connectivity index (χ4n) is 3.46. The first-order chi connectivity index (χ1) is 16.3. The molecule has 0 aliphatic carbocycles. The lowest BCUT2D eigenvalue weighted by atomic mass is 9.95. The number of aromatic hydroxyl groups is 1. The van der Waals surface area contributed by atoms with Gasteiger partial charge in [-0.25, -0.2) is 0 Å². The molecule has 9 nitrogen and oxygen atoms in total. The number of phenolic OH excluding ortho intramolecular Hbond substituents is 1. The van der Waals surface area contributed by atoms with E-state index in [0.29, 0.717) is 12.0 Å². The number of carbonyl (C=O) groups is 3. The van der Waals surface area contributed by atoms with Crippen LogP contribution in [0.2, 0.25) is 0 Å². The third-order valence-electron chi connectivity index (χ3n) is 5.32. The van der Waals surface area contributed by atoms with Crippen molar-refractivity contribution in [3.8, 4) is 16.9 Å². The molecule has 184 valence electrons. The number of esters is 1. The molecule has 7 N–H and O–H groups in total. The van der Waals surface area contributed by atoms with Crippen LogP contribution in [0.4, 0.5) is 0 Å². The molecule has 9 heteroatoms. The van der Waals surface area contributed by atoms with Crippen molar-refractivity contribution in [2.45, 2.75) is 44.7 Å². The van der Waals surface area contributed by atoms with Crippen LogP contribution >= 0.6 is 0 Å². The van der Waals surface area contributed by atoms with Crippen LogP contribution in [0.15, 0.2) is 42.5 Å². The molecular formula is C25H34N4O5. The summed E-state index contributed by atoms with van der Waals surface area (Å²) < 4.78 is 4.74. The molecule has 0 fully saturated rings. The van der Waals surface area contributed by atoms with Gasteiger partial charge in [-0.2, -0.15) is 0 Å². The molecule has 0 radical (unpaired) electrons. The van der Waals surface area contributed by atoms with Gasteiger partial charge in [0.15, 0.2) is 0 Å². The maximum atomic E-state index is 12.3. The number of carbonyl (C=O) groups excluding carboxylic acids is 3. The van der Waals surface area contributed by atoms with E-state index in [1.807, 2.05) is 24.3 Å². The number of methoxy groups -OCH3 is 1. The van der Waals surface area contributed by atoms with Crippen LogP contribution in [0, 0.1) is 0 Å². The summed E-state index contributed by atoms with van der Waals surface area (Å²) >= 11 is 0. The average Bonchev–Trinajstić information content (AvgIpc) is 2.83. The van der Waals surface area contributed by atoms with E-state index in [1.54, 1.807) is 18.2 Å². The predicted octanol–water partition coefficient (Wildman–Crippen LogP) is 1.00. The summed E-state index contributed by atoms with van der Waals surface area (Å²) in [4.78, 5) is 36.4. The molecule has 2 aromatic carbocycles. The SMILES string of the molecule is CCCN.COC(=O)CC1Cc2cccc(c2)-c2ccc(O)c(c2)CC(N)C(=O)NCC(=O)N1. The van der Waals surface area contributed by atoms with E-state index in [1.165, 1.54) is 7.11 Å². The van der Waals surface area contributed by atoms with Crippen LogP contribution in [0.25, 0.3) is 11.1 Å². The van der Waals surface area contributed by atoms with Gasteiger partial charge in [0.2, 0.25) is 11.8 Å². The molecule has 3 rings (SSSR count).